The zero-order valence-electron chi connectivity index (χ0n) is 18.7. The van der Waals surface area contributed by atoms with E-state index in [4.69, 9.17) is 32.7 Å². The van der Waals surface area contributed by atoms with E-state index < -0.39 is 0 Å². The van der Waals surface area contributed by atoms with Crippen molar-refractivity contribution in [2.75, 3.05) is 7.11 Å². The Balaban J connectivity index is 1.66. The van der Waals surface area contributed by atoms with E-state index in [-0.39, 0.29) is 12.2 Å². The number of halogens is 4. The Morgan fingerprint density at radius 2 is 1.91 bits per heavy atom. The van der Waals surface area contributed by atoms with Gasteiger partial charge in [-0.3, -0.25) is 4.79 Å². The first kappa shape index (κ1) is 25.7. The van der Waals surface area contributed by atoms with Crippen molar-refractivity contribution in [2.45, 2.75) is 20.0 Å². The first-order valence-electron chi connectivity index (χ1n) is 10.5. The molecule has 4 rings (SSSR count). The van der Waals surface area contributed by atoms with Gasteiger partial charge in [0.25, 0.3) is 5.56 Å². The highest BCUT2D eigenvalue weighted by Crippen LogP contribution is 2.37. The molecule has 0 unspecified atom stereocenters. The third-order valence-electron chi connectivity index (χ3n) is 5.15. The first-order chi connectivity index (χ1) is 16.8. The monoisotopic (exact) mass is 637 g/mol. The molecule has 0 radical (unpaired) electrons. The highest BCUT2D eigenvalue weighted by atomic mass is 79.9. The summed E-state index contributed by atoms with van der Waals surface area (Å²) in [5, 5.41) is 6.00. The summed E-state index contributed by atoms with van der Waals surface area (Å²) in [5.74, 6) is 1.57. The molecule has 0 saturated carbocycles. The van der Waals surface area contributed by atoms with Crippen LogP contribution in [-0.4, -0.2) is 23.0 Å². The minimum absolute atomic E-state index is 0.228. The molecule has 0 aliphatic heterocycles. The third-order valence-corrected chi connectivity index (χ3v) is 6.82. The van der Waals surface area contributed by atoms with Crippen LogP contribution < -0.4 is 15.0 Å². The average molecular weight is 640 g/mol. The largest absolute Gasteiger partial charge is 0.493 e. The molecule has 0 N–H and O–H groups in total. The summed E-state index contributed by atoms with van der Waals surface area (Å²) < 4.78 is 14.3. The molecule has 0 amide bonds. The molecular formula is C25H19Br2Cl2N3O3. The fourth-order valence-corrected chi connectivity index (χ4v) is 4.81. The molecule has 0 saturated heterocycles. The number of hydrogen-bond acceptors (Lipinski definition) is 5. The maximum atomic E-state index is 13.1. The van der Waals surface area contributed by atoms with Gasteiger partial charge in [0.1, 0.15) is 12.4 Å². The molecule has 0 atom stereocenters. The average Bonchev–Trinajstić information content (AvgIpc) is 2.83. The lowest BCUT2D eigenvalue weighted by Crippen LogP contribution is -2.22. The molecule has 10 heteroatoms. The van der Waals surface area contributed by atoms with Crippen molar-refractivity contribution in [1.29, 1.82) is 0 Å². The predicted molar refractivity (Wildman–Crippen MR) is 148 cm³/mol. The van der Waals surface area contributed by atoms with Crippen LogP contribution in [0.25, 0.3) is 10.9 Å². The quantitative estimate of drug-likeness (QED) is 0.200. The van der Waals surface area contributed by atoms with Crippen molar-refractivity contribution in [3.05, 3.63) is 94.8 Å². The number of nitrogens with zero attached hydrogens (tertiary/aromatic N) is 3. The maximum Gasteiger partial charge on any atom is 0.282 e. The van der Waals surface area contributed by atoms with Crippen LogP contribution in [-0.2, 0) is 13.0 Å². The Morgan fingerprint density at radius 1 is 1.11 bits per heavy atom. The number of aryl methyl sites for hydroxylation is 1. The Hall–Kier alpha value is -2.39. The number of hydrogen-bond donors (Lipinski definition) is 0. The molecule has 0 aliphatic rings. The van der Waals surface area contributed by atoms with Crippen LogP contribution in [0.1, 0.15) is 23.9 Å². The Labute approximate surface area is 228 Å². The van der Waals surface area contributed by atoms with E-state index in [2.05, 4.69) is 41.9 Å². The fraction of sp³-hybridized carbons (Fsp3) is 0.160. The van der Waals surface area contributed by atoms with Crippen LogP contribution in [0.4, 0.5) is 0 Å². The summed E-state index contributed by atoms with van der Waals surface area (Å²) >= 11 is 19.2. The Bertz CT molecular complexity index is 1510. The van der Waals surface area contributed by atoms with Gasteiger partial charge >= 0.3 is 0 Å². The number of fused-ring (bicyclic) bond motifs is 1. The van der Waals surface area contributed by atoms with Crippen molar-refractivity contribution in [1.82, 2.24) is 9.66 Å². The van der Waals surface area contributed by atoms with Gasteiger partial charge in [0, 0.05) is 26.5 Å². The minimum atomic E-state index is -0.241. The molecule has 6 nitrogen and oxygen atoms in total. The zero-order valence-corrected chi connectivity index (χ0v) is 23.4. The highest BCUT2D eigenvalue weighted by Gasteiger charge is 2.14. The van der Waals surface area contributed by atoms with Crippen LogP contribution >= 0.6 is 55.1 Å². The number of aromatic nitrogens is 2. The molecular weight excluding hydrogens is 621 g/mol. The molecule has 0 bridgehead atoms. The van der Waals surface area contributed by atoms with E-state index in [0.717, 1.165) is 10.0 Å². The maximum absolute atomic E-state index is 13.1. The summed E-state index contributed by atoms with van der Waals surface area (Å²) in [5.41, 5.74) is 1.88. The second-order valence-corrected chi connectivity index (χ2v) is 10.1. The Kier molecular flexibility index (Phi) is 8.16. The molecule has 1 heterocycles. The number of methoxy groups -OCH3 is 1. The van der Waals surface area contributed by atoms with E-state index in [1.54, 1.807) is 37.6 Å². The lowest BCUT2D eigenvalue weighted by atomic mass is 10.2. The van der Waals surface area contributed by atoms with E-state index in [9.17, 15) is 4.79 Å². The lowest BCUT2D eigenvalue weighted by Gasteiger charge is -2.14. The van der Waals surface area contributed by atoms with Crippen LogP contribution in [0.2, 0.25) is 10.0 Å². The van der Waals surface area contributed by atoms with Crippen molar-refractivity contribution in [2.24, 2.45) is 5.10 Å². The van der Waals surface area contributed by atoms with Gasteiger partial charge in [-0.25, -0.2) is 4.98 Å². The molecule has 0 fully saturated rings. The second kappa shape index (κ2) is 11.1. The predicted octanol–water partition coefficient (Wildman–Crippen LogP) is 7.26. The Morgan fingerprint density at radius 3 is 2.63 bits per heavy atom. The van der Waals surface area contributed by atoms with E-state index in [1.165, 1.54) is 4.68 Å². The standard InChI is InChI=1S/C25H19Br2Cl2N3O3/c1-3-23-31-21-7-5-16(26)10-18(21)25(33)32(23)30-12-14-8-19(27)24(22(9-14)34-2)35-13-15-4-6-17(28)11-20(15)29/h4-12H,3,13H2,1-2H3. The van der Waals surface area contributed by atoms with Crippen LogP contribution in [0, 0.1) is 0 Å². The summed E-state index contributed by atoms with van der Waals surface area (Å²) in [7, 11) is 1.55. The molecule has 4 aromatic rings. The summed E-state index contributed by atoms with van der Waals surface area (Å²) in [6.45, 7) is 2.16. The topological polar surface area (TPSA) is 65.7 Å². The molecule has 35 heavy (non-hydrogen) atoms. The van der Waals surface area contributed by atoms with Gasteiger partial charge in [0.05, 0.1) is 28.7 Å². The van der Waals surface area contributed by atoms with Gasteiger partial charge in [-0.15, -0.1) is 0 Å². The fourth-order valence-electron chi connectivity index (χ4n) is 3.41. The van der Waals surface area contributed by atoms with Gasteiger partial charge in [-0.05, 0) is 64.0 Å². The second-order valence-electron chi connectivity index (χ2n) is 7.46. The number of rotatable bonds is 7. The first-order valence-corrected chi connectivity index (χ1v) is 12.8. The molecule has 0 aliphatic carbocycles. The highest BCUT2D eigenvalue weighted by molar-refractivity contribution is 9.10. The van der Waals surface area contributed by atoms with Crippen LogP contribution in [0.5, 0.6) is 11.5 Å². The molecule has 0 spiro atoms. The molecule has 180 valence electrons. The van der Waals surface area contributed by atoms with E-state index in [1.807, 2.05) is 31.2 Å². The van der Waals surface area contributed by atoms with Gasteiger partial charge in [0.15, 0.2) is 11.5 Å². The smallest absolute Gasteiger partial charge is 0.282 e. The van der Waals surface area contributed by atoms with Crippen molar-refractivity contribution in [3.8, 4) is 11.5 Å². The van der Waals surface area contributed by atoms with Gasteiger partial charge in [-0.1, -0.05) is 52.1 Å². The van der Waals surface area contributed by atoms with E-state index in [0.29, 0.717) is 54.7 Å². The normalized spacial score (nSPS) is 11.4. The van der Waals surface area contributed by atoms with E-state index >= 15 is 0 Å². The van der Waals surface area contributed by atoms with Crippen molar-refractivity contribution < 1.29 is 9.47 Å². The number of benzene rings is 3. The van der Waals surface area contributed by atoms with Gasteiger partial charge < -0.3 is 9.47 Å². The molecule has 3 aromatic carbocycles. The van der Waals surface area contributed by atoms with Gasteiger partial charge in [0.2, 0.25) is 0 Å². The third kappa shape index (κ3) is 5.72. The van der Waals surface area contributed by atoms with Crippen molar-refractivity contribution in [3.63, 3.8) is 0 Å². The van der Waals surface area contributed by atoms with Crippen molar-refractivity contribution >= 4 is 72.2 Å². The number of ether oxygens (including phenoxy) is 2. The van der Waals surface area contributed by atoms with Crippen LogP contribution in [0.15, 0.2) is 67.4 Å². The molecule has 1 aromatic heterocycles. The minimum Gasteiger partial charge on any atom is -0.493 e. The summed E-state index contributed by atoms with van der Waals surface area (Å²) in [4.78, 5) is 17.7. The lowest BCUT2D eigenvalue weighted by molar-refractivity contribution is 0.282. The zero-order chi connectivity index (χ0) is 25.1. The van der Waals surface area contributed by atoms with Crippen LogP contribution in [0.3, 0.4) is 0 Å². The van der Waals surface area contributed by atoms with Gasteiger partial charge in [-0.2, -0.15) is 9.78 Å². The summed E-state index contributed by atoms with van der Waals surface area (Å²) in [6, 6.07) is 14.2. The SMILES string of the molecule is CCc1nc2ccc(Br)cc2c(=O)n1N=Cc1cc(Br)c(OCc2ccc(Cl)cc2Cl)c(OC)c1. The summed E-state index contributed by atoms with van der Waals surface area (Å²) in [6.07, 6.45) is 2.13.